The zero-order chi connectivity index (χ0) is 11.4. The number of nitrogen functional groups attached to an aromatic ring is 1. The topological polar surface area (TPSA) is 41.3 Å². The Hall–Kier alpha value is -1.06. The highest BCUT2D eigenvalue weighted by Gasteiger charge is 2.14. The molecule has 0 bridgehead atoms. The van der Waals surface area contributed by atoms with Gasteiger partial charge in [0.1, 0.15) is 0 Å². The highest BCUT2D eigenvalue weighted by Crippen LogP contribution is 2.18. The van der Waals surface area contributed by atoms with E-state index in [4.69, 9.17) is 5.73 Å². The van der Waals surface area contributed by atoms with Crippen LogP contribution >= 0.6 is 0 Å². The van der Waals surface area contributed by atoms with E-state index in [1.165, 1.54) is 5.56 Å². The molecular weight excluding hydrogens is 198 g/mol. The van der Waals surface area contributed by atoms with Crippen molar-refractivity contribution in [2.75, 3.05) is 38.5 Å². The summed E-state index contributed by atoms with van der Waals surface area (Å²) in [6.07, 6.45) is 0. The van der Waals surface area contributed by atoms with Crippen molar-refractivity contribution in [3.05, 3.63) is 29.8 Å². The van der Waals surface area contributed by atoms with Gasteiger partial charge in [-0.25, -0.2) is 0 Å². The summed E-state index contributed by atoms with van der Waals surface area (Å²) in [6.45, 7) is 7.95. The zero-order valence-electron chi connectivity index (χ0n) is 9.95. The molecule has 88 valence electrons. The van der Waals surface area contributed by atoms with Gasteiger partial charge in [0.15, 0.2) is 0 Å². The SMILES string of the molecule is CC(CN1CCNCC1)c1cccc(N)c1. The minimum absolute atomic E-state index is 0.557. The number of nitrogens with two attached hydrogens (primary N) is 1. The maximum atomic E-state index is 5.81. The summed E-state index contributed by atoms with van der Waals surface area (Å²) < 4.78 is 0. The lowest BCUT2D eigenvalue weighted by Gasteiger charge is -2.29. The molecule has 1 fully saturated rings. The molecule has 0 radical (unpaired) electrons. The van der Waals surface area contributed by atoms with Crippen LogP contribution in [0.15, 0.2) is 24.3 Å². The second-order valence-corrected chi connectivity index (χ2v) is 4.62. The minimum atomic E-state index is 0.557. The van der Waals surface area contributed by atoms with Crippen molar-refractivity contribution in [2.45, 2.75) is 12.8 Å². The van der Waals surface area contributed by atoms with Crippen LogP contribution in [0.2, 0.25) is 0 Å². The van der Waals surface area contributed by atoms with Crippen molar-refractivity contribution in [3.8, 4) is 0 Å². The second kappa shape index (κ2) is 5.32. The zero-order valence-corrected chi connectivity index (χ0v) is 9.95. The lowest BCUT2D eigenvalue weighted by molar-refractivity contribution is 0.230. The first-order valence-electron chi connectivity index (χ1n) is 6.04. The Kier molecular flexibility index (Phi) is 3.80. The smallest absolute Gasteiger partial charge is 0.0316 e. The predicted molar refractivity (Wildman–Crippen MR) is 68.6 cm³/mol. The molecule has 3 nitrogen and oxygen atoms in total. The number of hydrogen-bond donors (Lipinski definition) is 2. The summed E-state index contributed by atoms with van der Waals surface area (Å²) in [5, 5.41) is 3.38. The summed E-state index contributed by atoms with van der Waals surface area (Å²) >= 11 is 0. The van der Waals surface area contributed by atoms with Gasteiger partial charge in [0.2, 0.25) is 0 Å². The largest absolute Gasteiger partial charge is 0.399 e. The summed E-state index contributed by atoms with van der Waals surface area (Å²) in [7, 11) is 0. The summed E-state index contributed by atoms with van der Waals surface area (Å²) in [5.74, 6) is 0.557. The fraction of sp³-hybridized carbons (Fsp3) is 0.538. The maximum Gasteiger partial charge on any atom is 0.0316 e. The van der Waals surface area contributed by atoms with E-state index in [-0.39, 0.29) is 0 Å². The van der Waals surface area contributed by atoms with E-state index in [1.54, 1.807) is 0 Å². The highest BCUT2D eigenvalue weighted by molar-refractivity contribution is 5.41. The number of nitrogens with one attached hydrogen (secondary N) is 1. The number of anilines is 1. The van der Waals surface area contributed by atoms with E-state index in [9.17, 15) is 0 Å². The third kappa shape index (κ3) is 2.97. The molecule has 3 N–H and O–H groups in total. The van der Waals surface area contributed by atoms with Crippen molar-refractivity contribution >= 4 is 5.69 Å². The lowest BCUT2D eigenvalue weighted by atomic mass is 10.00. The second-order valence-electron chi connectivity index (χ2n) is 4.62. The van der Waals surface area contributed by atoms with Crippen molar-refractivity contribution in [3.63, 3.8) is 0 Å². The van der Waals surface area contributed by atoms with Crippen LogP contribution in [0.3, 0.4) is 0 Å². The molecule has 3 heteroatoms. The number of rotatable bonds is 3. The molecule has 0 spiro atoms. The van der Waals surface area contributed by atoms with Gasteiger partial charge < -0.3 is 16.0 Å². The molecule has 1 aliphatic heterocycles. The van der Waals surface area contributed by atoms with Crippen LogP contribution < -0.4 is 11.1 Å². The molecule has 1 aromatic carbocycles. The lowest BCUT2D eigenvalue weighted by Crippen LogP contribution is -2.44. The van der Waals surface area contributed by atoms with Gasteiger partial charge in [0, 0.05) is 38.4 Å². The molecule has 1 aromatic rings. The van der Waals surface area contributed by atoms with Gasteiger partial charge in [-0.2, -0.15) is 0 Å². The van der Waals surface area contributed by atoms with Crippen LogP contribution in [0, 0.1) is 0 Å². The van der Waals surface area contributed by atoms with E-state index in [2.05, 4.69) is 29.3 Å². The summed E-state index contributed by atoms with van der Waals surface area (Å²) in [4.78, 5) is 2.52. The molecule has 2 rings (SSSR count). The van der Waals surface area contributed by atoms with E-state index >= 15 is 0 Å². The molecule has 1 atom stereocenters. The van der Waals surface area contributed by atoms with Crippen LogP contribution in [-0.2, 0) is 0 Å². The van der Waals surface area contributed by atoms with E-state index in [0.29, 0.717) is 5.92 Å². The van der Waals surface area contributed by atoms with Crippen LogP contribution in [0.25, 0.3) is 0 Å². The third-order valence-electron chi connectivity index (χ3n) is 3.22. The Balaban J connectivity index is 1.94. The highest BCUT2D eigenvalue weighted by atomic mass is 15.2. The van der Waals surface area contributed by atoms with Gasteiger partial charge in [-0.3, -0.25) is 0 Å². The fourth-order valence-electron chi connectivity index (χ4n) is 2.25. The predicted octanol–water partition coefficient (Wildman–Crippen LogP) is 1.28. The molecule has 0 amide bonds. The monoisotopic (exact) mass is 219 g/mol. The molecular formula is C13H21N3. The summed E-state index contributed by atoms with van der Waals surface area (Å²) in [6, 6.07) is 8.25. The number of hydrogen-bond acceptors (Lipinski definition) is 3. The first-order chi connectivity index (χ1) is 7.75. The first-order valence-corrected chi connectivity index (χ1v) is 6.04. The summed E-state index contributed by atoms with van der Waals surface area (Å²) in [5.41, 5.74) is 8.02. The fourth-order valence-corrected chi connectivity index (χ4v) is 2.25. The van der Waals surface area contributed by atoms with Crippen molar-refractivity contribution in [1.82, 2.24) is 10.2 Å². The molecule has 1 unspecified atom stereocenters. The molecule has 16 heavy (non-hydrogen) atoms. The normalized spacial score (nSPS) is 19.6. The van der Waals surface area contributed by atoms with Gasteiger partial charge in [0.25, 0.3) is 0 Å². The Bertz CT molecular complexity index is 332. The van der Waals surface area contributed by atoms with E-state index < -0.39 is 0 Å². The first kappa shape index (κ1) is 11.4. The third-order valence-corrected chi connectivity index (χ3v) is 3.22. The maximum absolute atomic E-state index is 5.81. The Morgan fingerprint density at radius 2 is 2.12 bits per heavy atom. The molecule has 0 saturated carbocycles. The van der Waals surface area contributed by atoms with Crippen LogP contribution in [0.4, 0.5) is 5.69 Å². The Morgan fingerprint density at radius 3 is 2.81 bits per heavy atom. The van der Waals surface area contributed by atoms with Gasteiger partial charge >= 0.3 is 0 Å². The quantitative estimate of drug-likeness (QED) is 0.752. The molecule has 0 aliphatic carbocycles. The number of nitrogens with zero attached hydrogens (tertiary/aromatic N) is 1. The molecule has 1 heterocycles. The van der Waals surface area contributed by atoms with Crippen molar-refractivity contribution < 1.29 is 0 Å². The molecule has 1 aliphatic rings. The van der Waals surface area contributed by atoms with Gasteiger partial charge in [-0.1, -0.05) is 19.1 Å². The Labute approximate surface area is 97.6 Å². The molecule has 1 saturated heterocycles. The Morgan fingerprint density at radius 1 is 1.38 bits per heavy atom. The average Bonchev–Trinajstić information content (AvgIpc) is 2.30. The minimum Gasteiger partial charge on any atom is -0.399 e. The standard InChI is InChI=1S/C13H21N3/c1-11(10-16-7-5-15-6-8-16)12-3-2-4-13(14)9-12/h2-4,9,11,15H,5-8,10,14H2,1H3. The van der Waals surface area contributed by atoms with Crippen LogP contribution in [0.5, 0.6) is 0 Å². The van der Waals surface area contributed by atoms with Crippen molar-refractivity contribution in [2.24, 2.45) is 0 Å². The average molecular weight is 219 g/mol. The van der Waals surface area contributed by atoms with Crippen molar-refractivity contribution in [1.29, 1.82) is 0 Å². The van der Waals surface area contributed by atoms with E-state index in [1.807, 2.05) is 12.1 Å². The van der Waals surface area contributed by atoms with E-state index in [0.717, 1.165) is 38.4 Å². The van der Waals surface area contributed by atoms with Crippen LogP contribution in [-0.4, -0.2) is 37.6 Å². The van der Waals surface area contributed by atoms with Gasteiger partial charge in [-0.05, 0) is 23.6 Å². The number of benzene rings is 1. The molecule has 0 aromatic heterocycles. The van der Waals surface area contributed by atoms with Crippen LogP contribution in [0.1, 0.15) is 18.4 Å². The van der Waals surface area contributed by atoms with Gasteiger partial charge in [-0.15, -0.1) is 0 Å². The number of piperazine rings is 1. The van der Waals surface area contributed by atoms with Gasteiger partial charge in [0.05, 0.1) is 0 Å².